The SMILES string of the molecule is CN(C)/C=C1\C=CC=C1/C=[15N]/[15n]1c[15n][15n]c1. The summed E-state index contributed by atoms with van der Waals surface area (Å²) in [6.45, 7) is 0. The van der Waals surface area contributed by atoms with Crippen molar-refractivity contribution < 1.29 is 0 Å². The topological polar surface area (TPSA) is 46.3 Å². The van der Waals surface area contributed by atoms with E-state index in [1.807, 2.05) is 43.4 Å². The minimum atomic E-state index is 1.07. The molecule has 0 amide bonds. The lowest BCUT2D eigenvalue weighted by atomic mass is 10.2. The van der Waals surface area contributed by atoms with Crippen molar-refractivity contribution in [3.8, 4) is 0 Å². The minimum Gasteiger partial charge on any atom is -0.383 e. The molecule has 16 heavy (non-hydrogen) atoms. The molecule has 5 heteroatoms. The fourth-order valence-electron chi connectivity index (χ4n) is 1.34. The van der Waals surface area contributed by atoms with E-state index in [0.717, 1.165) is 11.1 Å². The molecule has 0 fully saturated rings. The van der Waals surface area contributed by atoms with Crippen LogP contribution in [0.15, 0.2) is 53.3 Å². The third kappa shape index (κ3) is 2.44. The van der Waals surface area contributed by atoms with Gasteiger partial charge in [0.05, 0.1) is 6.21 Å². The molecule has 1 aliphatic carbocycles. The molecule has 1 heterocycles. The van der Waals surface area contributed by atoms with Gasteiger partial charge >= 0.3 is 0 Å². The van der Waals surface area contributed by atoms with Crippen LogP contribution in [-0.4, -0.2) is 40.1 Å². The Morgan fingerprint density at radius 1 is 1.31 bits per heavy atom. The number of aromatic nitrogens is 3. The Kier molecular flexibility index (Phi) is 2.95. The summed E-state index contributed by atoms with van der Waals surface area (Å²) in [5.41, 5.74) is 2.21. The highest BCUT2D eigenvalue weighted by molar-refractivity contribution is 5.88. The van der Waals surface area contributed by atoms with Crippen LogP contribution in [0.3, 0.4) is 0 Å². The van der Waals surface area contributed by atoms with Crippen LogP contribution in [0.25, 0.3) is 0 Å². The van der Waals surface area contributed by atoms with E-state index < -0.39 is 0 Å². The fraction of sp³-hybridized carbons (Fsp3) is 0.182. The second-order valence-corrected chi connectivity index (χ2v) is 3.62. The predicted octanol–water partition coefficient (Wildman–Crippen LogP) is 1.05. The van der Waals surface area contributed by atoms with E-state index in [9.17, 15) is 0 Å². The van der Waals surface area contributed by atoms with Gasteiger partial charge in [0.2, 0.25) is 0 Å². The smallest absolute Gasteiger partial charge is 0.141 e. The van der Waals surface area contributed by atoms with Crippen LogP contribution in [-0.2, 0) is 0 Å². The van der Waals surface area contributed by atoms with Crippen LogP contribution in [0.1, 0.15) is 0 Å². The molecule has 1 aromatic heterocycles. The van der Waals surface area contributed by atoms with Crippen LogP contribution in [0.5, 0.6) is 0 Å². The summed E-state index contributed by atoms with van der Waals surface area (Å²) in [5.74, 6) is 0. The summed E-state index contributed by atoms with van der Waals surface area (Å²) in [4.78, 5) is 2.01. The zero-order valence-electron chi connectivity index (χ0n) is 9.28. The first kappa shape index (κ1) is 10.4. The molecule has 1 aliphatic rings. The average Bonchev–Trinajstić information content (AvgIpc) is 2.84. The molecule has 0 unspecified atom stereocenters. The number of hydrogen-bond acceptors (Lipinski definition) is 4. The molecule has 2 rings (SSSR count). The summed E-state index contributed by atoms with van der Waals surface area (Å²) in [5, 5.41) is 11.6. The van der Waals surface area contributed by atoms with Crippen molar-refractivity contribution in [2.24, 2.45) is 5.10 Å². The van der Waals surface area contributed by atoms with Gasteiger partial charge < -0.3 is 4.90 Å². The zero-order chi connectivity index (χ0) is 11.4. The number of hydrogen-bond donors (Lipinski definition) is 0. The molecule has 0 N–H and O–H groups in total. The molecule has 0 aliphatic heterocycles. The number of nitrogens with zero attached hydrogens (tertiary/aromatic N) is 5. The van der Waals surface area contributed by atoms with Gasteiger partial charge in [-0.1, -0.05) is 18.2 Å². The van der Waals surface area contributed by atoms with Crippen LogP contribution in [0.4, 0.5) is 0 Å². The van der Waals surface area contributed by atoms with E-state index in [2.05, 4.69) is 15.3 Å². The van der Waals surface area contributed by atoms with Crippen molar-refractivity contribution in [3.63, 3.8) is 0 Å². The van der Waals surface area contributed by atoms with Crippen molar-refractivity contribution in [1.29, 1.82) is 0 Å². The highest BCUT2D eigenvalue weighted by atomic mass is 16.3. The van der Waals surface area contributed by atoms with E-state index in [-0.39, 0.29) is 0 Å². The van der Waals surface area contributed by atoms with Gasteiger partial charge in [-0.15, -0.1) is 10.2 Å². The van der Waals surface area contributed by atoms with Gasteiger partial charge in [-0.05, 0) is 5.57 Å². The van der Waals surface area contributed by atoms with Crippen molar-refractivity contribution in [2.45, 2.75) is 0 Å². The second kappa shape index (κ2) is 4.57. The van der Waals surface area contributed by atoms with Crippen molar-refractivity contribution in [2.75, 3.05) is 14.1 Å². The Morgan fingerprint density at radius 2 is 2.06 bits per heavy atom. The highest BCUT2D eigenvalue weighted by Gasteiger charge is 2.04. The van der Waals surface area contributed by atoms with Gasteiger partial charge in [0.15, 0.2) is 0 Å². The van der Waals surface area contributed by atoms with E-state index >= 15 is 0 Å². The molecule has 0 saturated carbocycles. The molecule has 0 bridgehead atoms. The molecule has 0 saturated heterocycles. The maximum absolute atomic E-state index is 4.20. The zero-order valence-corrected chi connectivity index (χ0v) is 9.28. The van der Waals surface area contributed by atoms with Gasteiger partial charge in [-0.25, -0.2) is 4.68 Å². The van der Waals surface area contributed by atoms with Gasteiger partial charge in [0, 0.05) is 25.9 Å². The monoisotopic (exact) mass is 219 g/mol. The average molecular weight is 219 g/mol. The summed E-state index contributed by atoms with van der Waals surface area (Å²) in [7, 11) is 3.99. The van der Waals surface area contributed by atoms with Gasteiger partial charge in [-0.3, -0.25) is 0 Å². The lowest BCUT2D eigenvalue weighted by Crippen LogP contribution is -2.03. The molecule has 1 aromatic rings. The summed E-state index contributed by atoms with van der Waals surface area (Å²) in [6.07, 6.45) is 13.0. The van der Waals surface area contributed by atoms with Gasteiger partial charge in [-0.2, -0.15) is 5.10 Å². The lowest BCUT2D eigenvalue weighted by molar-refractivity contribution is 0.561. The van der Waals surface area contributed by atoms with Crippen LogP contribution >= 0.6 is 0 Å². The summed E-state index contributed by atoms with van der Waals surface area (Å²) >= 11 is 0. The normalized spacial score (nSPS) is 17.4. The van der Waals surface area contributed by atoms with Crippen molar-refractivity contribution >= 4 is 6.21 Å². The maximum atomic E-state index is 4.20. The fourth-order valence-corrected chi connectivity index (χ4v) is 1.34. The van der Waals surface area contributed by atoms with Crippen LogP contribution in [0, 0.1) is 0 Å². The van der Waals surface area contributed by atoms with E-state index in [1.165, 1.54) is 0 Å². The molecule has 0 aromatic carbocycles. The highest BCUT2D eigenvalue weighted by Crippen LogP contribution is 2.16. The van der Waals surface area contributed by atoms with Crippen LogP contribution < -0.4 is 0 Å². The Bertz CT molecular complexity index is 463. The summed E-state index contributed by atoms with van der Waals surface area (Å²) < 4.78 is 1.56. The number of rotatable bonds is 3. The Morgan fingerprint density at radius 3 is 2.75 bits per heavy atom. The first-order valence-corrected chi connectivity index (χ1v) is 4.91. The van der Waals surface area contributed by atoms with Crippen molar-refractivity contribution in [1.82, 2.24) is 19.8 Å². The second-order valence-electron chi connectivity index (χ2n) is 3.62. The lowest BCUT2D eigenvalue weighted by Gasteiger charge is -2.06. The van der Waals surface area contributed by atoms with E-state index in [4.69, 9.17) is 0 Å². The molecule has 0 atom stereocenters. The Labute approximate surface area is 94.1 Å². The van der Waals surface area contributed by atoms with E-state index in [1.54, 1.807) is 23.5 Å². The van der Waals surface area contributed by atoms with Crippen LogP contribution in [0.2, 0.25) is 0 Å². The third-order valence-corrected chi connectivity index (χ3v) is 2.02. The Balaban J connectivity index is 2.12. The van der Waals surface area contributed by atoms with Crippen molar-refractivity contribution in [3.05, 3.63) is 48.2 Å². The van der Waals surface area contributed by atoms with Gasteiger partial charge in [0.1, 0.15) is 12.7 Å². The predicted molar refractivity (Wildman–Crippen MR) is 62.9 cm³/mol. The molecule has 0 radical (unpaired) electrons. The molecule has 5 nitrogen and oxygen atoms in total. The molecule has 0 spiro atoms. The van der Waals surface area contributed by atoms with Gasteiger partial charge in [0.25, 0.3) is 0 Å². The first-order chi connectivity index (χ1) is 7.75. The number of allylic oxidation sites excluding steroid dienone is 5. The molecular weight excluding hydrogens is 206 g/mol. The molecule has 82 valence electrons. The quantitative estimate of drug-likeness (QED) is 0.564. The Hall–Kier alpha value is -2.17. The minimum absolute atomic E-state index is 1.07. The summed E-state index contributed by atoms with van der Waals surface area (Å²) in [6, 6.07) is 0. The van der Waals surface area contributed by atoms with E-state index in [0.29, 0.717) is 0 Å². The standard InChI is InChI=1S/C11H13N5/c1-15(2)7-11-5-3-4-10(11)6-14-16-8-12-13-9-16/h3-9H,1-2H3/b11-7+,14-6+/i12+1,13+1,14+1,16+1. The maximum Gasteiger partial charge on any atom is 0.141 e. The molecular formula is C11H13N5. The largest absolute Gasteiger partial charge is 0.383 e. The third-order valence-electron chi connectivity index (χ3n) is 2.02. The first-order valence-electron chi connectivity index (χ1n) is 4.91.